The van der Waals surface area contributed by atoms with Crippen molar-refractivity contribution >= 4 is 27.5 Å². The van der Waals surface area contributed by atoms with Crippen LogP contribution in [-0.2, 0) is 19.6 Å². The summed E-state index contributed by atoms with van der Waals surface area (Å²) in [6.45, 7) is 2.69. The van der Waals surface area contributed by atoms with Crippen LogP contribution in [0.4, 0.5) is 5.69 Å². The molecule has 2 fully saturated rings. The van der Waals surface area contributed by atoms with Gasteiger partial charge in [-0.05, 0) is 31.0 Å². The maximum atomic E-state index is 12.9. The van der Waals surface area contributed by atoms with Crippen LogP contribution in [0.3, 0.4) is 0 Å². The van der Waals surface area contributed by atoms with Gasteiger partial charge in [-0.25, -0.2) is 8.42 Å². The molecule has 0 unspecified atom stereocenters. The number of hydrogen-bond donors (Lipinski definition) is 1. The largest absolute Gasteiger partial charge is 0.495 e. The van der Waals surface area contributed by atoms with Gasteiger partial charge in [0.2, 0.25) is 21.8 Å². The van der Waals surface area contributed by atoms with Crippen LogP contribution in [-0.4, -0.2) is 62.7 Å². The lowest BCUT2D eigenvalue weighted by Crippen LogP contribution is -2.50. The van der Waals surface area contributed by atoms with Crippen LogP contribution in [0.1, 0.15) is 19.8 Å². The molecule has 1 saturated heterocycles. The minimum atomic E-state index is -3.71. The predicted molar refractivity (Wildman–Crippen MR) is 95.4 cm³/mol. The Hall–Kier alpha value is -2.13. The summed E-state index contributed by atoms with van der Waals surface area (Å²) in [7, 11) is -2.26. The number of carbonyl (C=O) groups is 2. The van der Waals surface area contributed by atoms with E-state index in [9.17, 15) is 18.0 Å². The Morgan fingerprint density at radius 2 is 1.81 bits per heavy atom. The second-order valence-electron chi connectivity index (χ2n) is 6.55. The molecule has 1 aliphatic heterocycles. The zero-order valence-electron chi connectivity index (χ0n) is 14.9. The highest BCUT2D eigenvalue weighted by Gasteiger charge is 2.36. The quantitative estimate of drug-likeness (QED) is 0.817. The number of sulfonamides is 1. The third-order valence-electron chi connectivity index (χ3n) is 4.60. The molecule has 0 spiro atoms. The Labute approximate surface area is 153 Å². The Bertz CT molecular complexity index is 812. The highest BCUT2D eigenvalue weighted by atomic mass is 32.2. The summed E-state index contributed by atoms with van der Waals surface area (Å²) in [5, 5.41) is 2.58. The van der Waals surface area contributed by atoms with Crippen molar-refractivity contribution in [1.29, 1.82) is 0 Å². The van der Waals surface area contributed by atoms with Gasteiger partial charge in [0.05, 0.1) is 17.7 Å². The van der Waals surface area contributed by atoms with Gasteiger partial charge in [-0.1, -0.05) is 0 Å². The van der Waals surface area contributed by atoms with E-state index in [1.54, 1.807) is 4.90 Å². The molecular formula is C17H23N3O5S. The average molecular weight is 381 g/mol. The second kappa shape index (κ2) is 7.24. The van der Waals surface area contributed by atoms with E-state index in [1.807, 2.05) is 0 Å². The van der Waals surface area contributed by atoms with Crippen molar-refractivity contribution in [2.24, 2.45) is 5.92 Å². The molecule has 1 N–H and O–H groups in total. The van der Waals surface area contributed by atoms with E-state index in [2.05, 4.69) is 5.32 Å². The van der Waals surface area contributed by atoms with Crippen LogP contribution in [0.25, 0.3) is 0 Å². The van der Waals surface area contributed by atoms with E-state index in [0.29, 0.717) is 24.5 Å². The zero-order valence-corrected chi connectivity index (χ0v) is 15.7. The number of nitrogens with zero attached hydrogens (tertiary/aromatic N) is 2. The smallest absolute Gasteiger partial charge is 0.243 e. The van der Waals surface area contributed by atoms with Crippen LogP contribution >= 0.6 is 0 Å². The van der Waals surface area contributed by atoms with Crippen LogP contribution < -0.4 is 10.1 Å². The Morgan fingerprint density at radius 3 is 2.35 bits per heavy atom. The molecule has 8 nitrogen and oxygen atoms in total. The minimum Gasteiger partial charge on any atom is -0.495 e. The molecule has 0 radical (unpaired) electrons. The van der Waals surface area contributed by atoms with Crippen molar-refractivity contribution in [3.8, 4) is 5.75 Å². The molecule has 2 aliphatic rings. The molecule has 26 heavy (non-hydrogen) atoms. The summed E-state index contributed by atoms with van der Waals surface area (Å²) in [5.74, 6) is 0.350. The summed E-state index contributed by atoms with van der Waals surface area (Å²) < 4.78 is 32.4. The van der Waals surface area contributed by atoms with Crippen LogP contribution in [0.15, 0.2) is 23.1 Å². The van der Waals surface area contributed by atoms with Crippen molar-refractivity contribution in [3.63, 3.8) is 0 Å². The molecule has 0 aromatic heterocycles. The van der Waals surface area contributed by atoms with Gasteiger partial charge in [0.1, 0.15) is 5.75 Å². The highest BCUT2D eigenvalue weighted by Crippen LogP contribution is 2.32. The number of amides is 2. The van der Waals surface area contributed by atoms with E-state index in [4.69, 9.17) is 4.74 Å². The van der Waals surface area contributed by atoms with Crippen molar-refractivity contribution in [1.82, 2.24) is 9.21 Å². The molecule has 1 heterocycles. The number of rotatable bonds is 5. The molecule has 1 aliphatic carbocycles. The number of piperazine rings is 1. The van der Waals surface area contributed by atoms with E-state index in [0.717, 1.165) is 12.8 Å². The SMILES string of the molecule is COc1ccc(S(=O)(=O)N2CCN(C(=O)C3CC3)CC2)cc1NC(C)=O. The molecule has 2 amide bonds. The molecule has 0 bridgehead atoms. The average Bonchev–Trinajstić information content (AvgIpc) is 3.45. The third-order valence-corrected chi connectivity index (χ3v) is 6.49. The normalized spacial score (nSPS) is 18.5. The first-order chi connectivity index (χ1) is 12.3. The molecule has 9 heteroatoms. The lowest BCUT2D eigenvalue weighted by Gasteiger charge is -2.34. The number of carbonyl (C=O) groups excluding carboxylic acids is 2. The lowest BCUT2D eigenvalue weighted by atomic mass is 10.3. The molecule has 1 aromatic carbocycles. The standard InChI is InChI=1S/C17H23N3O5S/c1-12(21)18-15-11-14(5-6-16(15)25-2)26(23,24)20-9-7-19(8-10-20)17(22)13-3-4-13/h5-6,11,13H,3-4,7-10H2,1-2H3,(H,18,21). The molecule has 0 atom stereocenters. The fraction of sp³-hybridized carbons (Fsp3) is 0.529. The molecule has 3 rings (SSSR count). The van der Waals surface area contributed by atoms with Gasteiger partial charge in [-0.2, -0.15) is 4.31 Å². The van der Waals surface area contributed by atoms with Crippen LogP contribution in [0.2, 0.25) is 0 Å². The number of nitrogens with one attached hydrogen (secondary N) is 1. The maximum Gasteiger partial charge on any atom is 0.243 e. The Morgan fingerprint density at radius 1 is 1.15 bits per heavy atom. The van der Waals surface area contributed by atoms with Crippen molar-refractivity contribution in [3.05, 3.63) is 18.2 Å². The number of benzene rings is 1. The van der Waals surface area contributed by atoms with E-state index < -0.39 is 10.0 Å². The number of methoxy groups -OCH3 is 1. The Kier molecular flexibility index (Phi) is 5.19. The first-order valence-corrected chi connectivity index (χ1v) is 10.0. The fourth-order valence-corrected chi connectivity index (χ4v) is 4.47. The van der Waals surface area contributed by atoms with Gasteiger partial charge >= 0.3 is 0 Å². The highest BCUT2D eigenvalue weighted by molar-refractivity contribution is 7.89. The summed E-state index contributed by atoms with van der Waals surface area (Å²) in [6.07, 6.45) is 1.88. The van der Waals surface area contributed by atoms with Crippen molar-refractivity contribution < 1.29 is 22.7 Å². The van der Waals surface area contributed by atoms with Gasteiger partial charge < -0.3 is 15.0 Å². The number of ether oxygens (including phenoxy) is 1. The molecule has 1 saturated carbocycles. The topological polar surface area (TPSA) is 96.0 Å². The maximum absolute atomic E-state index is 12.9. The first-order valence-electron chi connectivity index (χ1n) is 8.57. The van der Waals surface area contributed by atoms with E-state index in [-0.39, 0.29) is 35.7 Å². The number of anilines is 1. The van der Waals surface area contributed by atoms with E-state index >= 15 is 0 Å². The van der Waals surface area contributed by atoms with Crippen molar-refractivity contribution in [2.75, 3.05) is 38.6 Å². The van der Waals surface area contributed by atoms with Crippen molar-refractivity contribution in [2.45, 2.75) is 24.7 Å². The molecule has 142 valence electrons. The summed E-state index contributed by atoms with van der Waals surface area (Å²) in [6, 6.07) is 4.38. The third kappa shape index (κ3) is 3.83. The summed E-state index contributed by atoms with van der Waals surface area (Å²) >= 11 is 0. The second-order valence-corrected chi connectivity index (χ2v) is 8.48. The predicted octanol–water partition coefficient (Wildman–Crippen LogP) is 0.896. The Balaban J connectivity index is 1.75. The van der Waals surface area contributed by atoms with Gasteiger partial charge in [-0.15, -0.1) is 0 Å². The monoisotopic (exact) mass is 381 g/mol. The zero-order chi connectivity index (χ0) is 18.9. The first kappa shape index (κ1) is 18.7. The van der Waals surface area contributed by atoms with Gasteiger partial charge in [0.25, 0.3) is 0 Å². The fourth-order valence-electron chi connectivity index (χ4n) is 3.02. The van der Waals surface area contributed by atoms with Gasteiger partial charge in [-0.3, -0.25) is 9.59 Å². The molecular weight excluding hydrogens is 358 g/mol. The number of hydrogen-bond acceptors (Lipinski definition) is 5. The summed E-state index contributed by atoms with van der Waals surface area (Å²) in [4.78, 5) is 25.3. The summed E-state index contributed by atoms with van der Waals surface area (Å²) in [5.41, 5.74) is 0.309. The van der Waals surface area contributed by atoms with Gasteiger partial charge in [0, 0.05) is 39.0 Å². The van der Waals surface area contributed by atoms with Crippen LogP contribution in [0.5, 0.6) is 5.75 Å². The minimum absolute atomic E-state index is 0.0871. The molecule has 1 aromatic rings. The van der Waals surface area contributed by atoms with Crippen LogP contribution in [0, 0.1) is 5.92 Å². The van der Waals surface area contributed by atoms with Gasteiger partial charge in [0.15, 0.2) is 0 Å². The lowest BCUT2D eigenvalue weighted by molar-refractivity contribution is -0.133. The van der Waals surface area contributed by atoms with E-state index in [1.165, 1.54) is 36.5 Å².